The van der Waals surface area contributed by atoms with Gasteiger partial charge < -0.3 is 9.47 Å². The fraction of sp³-hybridized carbons (Fsp3) is 0.556. The normalized spacial score (nSPS) is 21.2. The number of carbonyl (C=O) groups is 2. The van der Waals surface area contributed by atoms with Crippen LogP contribution in [-0.2, 0) is 20.7 Å². The molecule has 0 radical (unpaired) electrons. The van der Waals surface area contributed by atoms with Crippen LogP contribution in [0.2, 0.25) is 0 Å². The second-order valence-electron chi connectivity index (χ2n) is 7.03. The molecule has 0 aliphatic carbocycles. The van der Waals surface area contributed by atoms with Crippen LogP contribution in [0.25, 0.3) is 0 Å². The highest BCUT2D eigenvalue weighted by molar-refractivity contribution is 5.89. The number of hydrogen-bond acceptors (Lipinski definition) is 4. The number of carbonyl (C=O) groups excluding carboxylic acids is 2. The first-order valence-electron chi connectivity index (χ1n) is 7.89. The van der Waals surface area contributed by atoms with Crippen molar-refractivity contribution in [3.05, 3.63) is 29.8 Å². The first-order chi connectivity index (χ1) is 10.7. The van der Waals surface area contributed by atoms with Crippen LogP contribution in [0.3, 0.4) is 0 Å². The van der Waals surface area contributed by atoms with Crippen LogP contribution in [0.1, 0.15) is 33.3 Å². The quantitative estimate of drug-likeness (QED) is 0.744. The van der Waals surface area contributed by atoms with E-state index in [0.29, 0.717) is 13.0 Å². The molecule has 1 heterocycles. The van der Waals surface area contributed by atoms with Crippen molar-refractivity contribution in [2.75, 3.05) is 18.6 Å². The summed E-state index contributed by atoms with van der Waals surface area (Å²) in [6.45, 7) is 7.91. The van der Waals surface area contributed by atoms with Crippen molar-refractivity contribution in [3.63, 3.8) is 0 Å². The molecule has 0 aromatic heterocycles. The summed E-state index contributed by atoms with van der Waals surface area (Å²) in [6.07, 6.45) is 0.172. The van der Waals surface area contributed by atoms with Gasteiger partial charge in [-0.15, -0.1) is 0 Å². The van der Waals surface area contributed by atoms with E-state index < -0.39 is 5.60 Å². The molecule has 126 valence electrons. The summed E-state index contributed by atoms with van der Waals surface area (Å²) < 4.78 is 10.5. The van der Waals surface area contributed by atoms with Gasteiger partial charge in [0.2, 0.25) is 0 Å². The van der Waals surface area contributed by atoms with Crippen LogP contribution in [0.15, 0.2) is 24.3 Å². The SMILES string of the molecule is COC(=O)C1Cc2ccccc2N(C(=O)OC(C)(C)C)C[C@H]1C. The average molecular weight is 319 g/mol. The summed E-state index contributed by atoms with van der Waals surface area (Å²) in [5, 5.41) is 0. The van der Waals surface area contributed by atoms with Crippen LogP contribution in [0.5, 0.6) is 0 Å². The maximum absolute atomic E-state index is 12.6. The Balaban J connectivity index is 2.37. The van der Waals surface area contributed by atoms with Crippen molar-refractivity contribution in [2.45, 2.75) is 39.7 Å². The van der Waals surface area contributed by atoms with Gasteiger partial charge in [0.05, 0.1) is 18.7 Å². The maximum atomic E-state index is 12.6. The van der Waals surface area contributed by atoms with Crippen LogP contribution < -0.4 is 4.90 Å². The molecule has 0 saturated heterocycles. The zero-order valence-electron chi connectivity index (χ0n) is 14.5. The molecule has 23 heavy (non-hydrogen) atoms. The topological polar surface area (TPSA) is 55.8 Å². The number of anilines is 1. The fourth-order valence-electron chi connectivity index (χ4n) is 2.86. The Morgan fingerprint density at radius 1 is 1.22 bits per heavy atom. The van der Waals surface area contributed by atoms with Gasteiger partial charge in [-0.05, 0) is 44.7 Å². The molecule has 0 spiro atoms. The van der Waals surface area contributed by atoms with Crippen molar-refractivity contribution in [1.29, 1.82) is 0 Å². The van der Waals surface area contributed by atoms with E-state index >= 15 is 0 Å². The van der Waals surface area contributed by atoms with Crippen LogP contribution in [0.4, 0.5) is 10.5 Å². The van der Waals surface area contributed by atoms with Gasteiger partial charge in [-0.1, -0.05) is 25.1 Å². The lowest BCUT2D eigenvalue weighted by Gasteiger charge is -2.29. The van der Waals surface area contributed by atoms with Crippen LogP contribution in [-0.4, -0.2) is 31.3 Å². The minimum Gasteiger partial charge on any atom is -0.469 e. The zero-order valence-corrected chi connectivity index (χ0v) is 14.5. The summed E-state index contributed by atoms with van der Waals surface area (Å²) in [6, 6.07) is 7.64. The monoisotopic (exact) mass is 319 g/mol. The number of hydrogen-bond donors (Lipinski definition) is 0. The van der Waals surface area contributed by atoms with Gasteiger partial charge in [0, 0.05) is 6.54 Å². The van der Waals surface area contributed by atoms with E-state index in [1.165, 1.54) is 7.11 Å². The van der Waals surface area contributed by atoms with E-state index in [4.69, 9.17) is 9.47 Å². The minimum absolute atomic E-state index is 0.0256. The van der Waals surface area contributed by atoms with Gasteiger partial charge in [0.1, 0.15) is 5.60 Å². The summed E-state index contributed by atoms with van der Waals surface area (Å²) in [7, 11) is 1.40. The summed E-state index contributed by atoms with van der Waals surface area (Å²) >= 11 is 0. The molecule has 0 bridgehead atoms. The van der Waals surface area contributed by atoms with Gasteiger partial charge in [0.25, 0.3) is 0 Å². The number of ether oxygens (including phenoxy) is 2. The number of methoxy groups -OCH3 is 1. The Hall–Kier alpha value is -2.04. The van der Waals surface area contributed by atoms with E-state index in [-0.39, 0.29) is 23.9 Å². The van der Waals surface area contributed by atoms with Gasteiger partial charge in [0.15, 0.2) is 0 Å². The van der Waals surface area contributed by atoms with Gasteiger partial charge >= 0.3 is 12.1 Å². The van der Waals surface area contributed by atoms with E-state index in [0.717, 1.165) is 11.3 Å². The summed E-state index contributed by atoms with van der Waals surface area (Å²) in [5.41, 5.74) is 1.20. The highest BCUT2D eigenvalue weighted by Gasteiger charge is 2.35. The Bertz CT molecular complexity index is 591. The molecule has 0 saturated carbocycles. The predicted octanol–water partition coefficient (Wildman–Crippen LogP) is 3.41. The molecule has 1 aromatic carbocycles. The smallest absolute Gasteiger partial charge is 0.414 e. The Labute approximate surface area is 137 Å². The van der Waals surface area contributed by atoms with Crippen molar-refractivity contribution in [2.24, 2.45) is 11.8 Å². The molecule has 0 fully saturated rings. The lowest BCUT2D eigenvalue weighted by Crippen LogP contribution is -2.40. The van der Waals surface area contributed by atoms with E-state index in [1.807, 2.05) is 52.0 Å². The molecule has 1 amide bonds. The molecule has 1 aromatic rings. The molecule has 2 atom stereocenters. The second kappa shape index (κ2) is 6.60. The van der Waals surface area contributed by atoms with E-state index in [1.54, 1.807) is 4.90 Å². The van der Waals surface area contributed by atoms with Crippen LogP contribution in [0, 0.1) is 11.8 Å². The first-order valence-corrected chi connectivity index (χ1v) is 7.89. The Morgan fingerprint density at radius 2 is 1.87 bits per heavy atom. The van der Waals surface area contributed by atoms with Gasteiger partial charge in [-0.3, -0.25) is 9.69 Å². The standard InChI is InChI=1S/C18H25NO4/c1-12-11-19(17(21)23-18(2,3)4)15-9-7-6-8-13(15)10-14(12)16(20)22-5/h6-9,12,14H,10-11H2,1-5H3/t12-,14?/m1/s1. The number of nitrogens with zero attached hydrogens (tertiary/aromatic N) is 1. The molecule has 2 rings (SSSR count). The molecular weight excluding hydrogens is 294 g/mol. The summed E-state index contributed by atoms with van der Waals surface area (Å²) in [4.78, 5) is 26.3. The summed E-state index contributed by atoms with van der Waals surface area (Å²) in [5.74, 6) is -0.533. The minimum atomic E-state index is -0.566. The lowest BCUT2D eigenvalue weighted by atomic mass is 9.89. The van der Waals surface area contributed by atoms with E-state index in [9.17, 15) is 9.59 Å². The molecule has 5 heteroatoms. The van der Waals surface area contributed by atoms with Crippen molar-refractivity contribution >= 4 is 17.7 Å². The molecule has 1 aliphatic heterocycles. The lowest BCUT2D eigenvalue weighted by molar-refractivity contribution is -0.147. The predicted molar refractivity (Wildman–Crippen MR) is 88.4 cm³/mol. The third-order valence-electron chi connectivity index (χ3n) is 4.00. The number of fused-ring (bicyclic) bond motifs is 1. The number of esters is 1. The zero-order chi connectivity index (χ0) is 17.2. The van der Waals surface area contributed by atoms with E-state index in [2.05, 4.69) is 0 Å². The van der Waals surface area contributed by atoms with Gasteiger partial charge in [-0.2, -0.15) is 0 Å². The van der Waals surface area contributed by atoms with Crippen molar-refractivity contribution in [1.82, 2.24) is 0 Å². The Kier molecular flexibility index (Phi) is 4.97. The third kappa shape index (κ3) is 4.03. The Morgan fingerprint density at radius 3 is 2.48 bits per heavy atom. The van der Waals surface area contributed by atoms with Crippen molar-refractivity contribution < 1.29 is 19.1 Å². The number of benzene rings is 1. The third-order valence-corrected chi connectivity index (χ3v) is 4.00. The number of rotatable bonds is 1. The number of amides is 1. The van der Waals surface area contributed by atoms with Crippen LogP contribution >= 0.6 is 0 Å². The second-order valence-corrected chi connectivity index (χ2v) is 7.03. The molecule has 1 unspecified atom stereocenters. The van der Waals surface area contributed by atoms with Gasteiger partial charge in [-0.25, -0.2) is 4.79 Å². The molecule has 1 aliphatic rings. The maximum Gasteiger partial charge on any atom is 0.414 e. The molecule has 0 N–H and O–H groups in total. The fourth-order valence-corrected chi connectivity index (χ4v) is 2.86. The largest absolute Gasteiger partial charge is 0.469 e. The average Bonchev–Trinajstić information content (AvgIpc) is 2.62. The highest BCUT2D eigenvalue weighted by atomic mass is 16.6. The highest BCUT2D eigenvalue weighted by Crippen LogP contribution is 2.33. The number of para-hydroxylation sites is 1. The first kappa shape index (κ1) is 17.3. The molecule has 5 nitrogen and oxygen atoms in total. The molecular formula is C18H25NO4. The van der Waals surface area contributed by atoms with Crippen molar-refractivity contribution in [3.8, 4) is 0 Å².